The third kappa shape index (κ3) is 8.66. The molecule has 0 aromatic heterocycles. The molecule has 0 radical (unpaired) electrons. The molecule has 0 saturated heterocycles. The summed E-state index contributed by atoms with van der Waals surface area (Å²) in [7, 11) is -4.02. The largest absolute Gasteiger partial charge is 0.587 e. The smallest absolute Gasteiger partial charge is 0.394 e. The molecule has 236 valence electrons. The van der Waals surface area contributed by atoms with E-state index in [4.69, 9.17) is 13.6 Å². The van der Waals surface area contributed by atoms with E-state index < -0.39 is 7.82 Å². The zero-order valence-corrected chi connectivity index (χ0v) is 29.9. The normalized spacial score (nSPS) is 15.6. The van der Waals surface area contributed by atoms with Crippen molar-refractivity contribution < 1.29 is 18.1 Å². The van der Waals surface area contributed by atoms with Gasteiger partial charge in [0.1, 0.15) is 11.5 Å². The quantitative estimate of drug-likeness (QED) is 0.224. The summed E-state index contributed by atoms with van der Waals surface area (Å²) in [6.45, 7) is 29.1. The van der Waals surface area contributed by atoms with Crippen molar-refractivity contribution in [3.05, 3.63) is 57.6 Å². The Balaban J connectivity index is 2.25. The van der Waals surface area contributed by atoms with Gasteiger partial charge in [0.05, 0.1) is 6.61 Å². The van der Waals surface area contributed by atoms with Gasteiger partial charge in [-0.05, 0) is 50.3 Å². The van der Waals surface area contributed by atoms with Crippen molar-refractivity contribution in [1.29, 1.82) is 0 Å². The molecule has 5 heteroatoms. The maximum atomic E-state index is 14.7. The van der Waals surface area contributed by atoms with Gasteiger partial charge in [-0.1, -0.05) is 146 Å². The number of unbranched alkanes of at least 4 members (excludes halogenated alkanes) is 5. The maximum Gasteiger partial charge on any atom is 0.587 e. The highest BCUT2D eigenvalue weighted by Gasteiger charge is 2.40. The van der Waals surface area contributed by atoms with Crippen molar-refractivity contribution in [2.45, 2.75) is 157 Å². The van der Waals surface area contributed by atoms with Crippen LogP contribution in [0.3, 0.4) is 0 Å². The van der Waals surface area contributed by atoms with Gasteiger partial charge < -0.3 is 9.05 Å². The Morgan fingerprint density at radius 3 is 1.40 bits per heavy atom. The maximum absolute atomic E-state index is 14.7. The molecule has 0 atom stereocenters. The molecule has 1 aliphatic rings. The van der Waals surface area contributed by atoms with Crippen LogP contribution in [0.25, 0.3) is 0 Å². The summed E-state index contributed by atoms with van der Waals surface area (Å²) in [5, 5.41) is 0. The SMILES string of the molecule is CCCCCCCCOP1(=O)Oc2c(cc(C(C)(C)C)cc2C(C)(C)C)Cc2cc(C(C)(C)C)cc(C(C)(C)C)c2O1. The van der Waals surface area contributed by atoms with Gasteiger partial charge in [-0.15, -0.1) is 0 Å². The third-order valence-electron chi connectivity index (χ3n) is 8.21. The summed E-state index contributed by atoms with van der Waals surface area (Å²) in [5.74, 6) is 1.29. The summed E-state index contributed by atoms with van der Waals surface area (Å²) in [6, 6.07) is 8.95. The number of hydrogen-bond donors (Lipinski definition) is 0. The first-order valence-electron chi connectivity index (χ1n) is 16.2. The fourth-order valence-corrected chi connectivity index (χ4v) is 6.77. The summed E-state index contributed by atoms with van der Waals surface area (Å²) in [6.07, 6.45) is 7.33. The number of benzene rings is 2. The van der Waals surface area contributed by atoms with Gasteiger partial charge in [-0.2, -0.15) is 0 Å². The number of hydrogen-bond acceptors (Lipinski definition) is 4. The molecule has 0 aliphatic carbocycles. The Bertz CT molecular complexity index is 1190. The third-order valence-corrected chi connectivity index (χ3v) is 9.53. The predicted molar refractivity (Wildman–Crippen MR) is 179 cm³/mol. The zero-order chi connectivity index (χ0) is 31.7. The van der Waals surface area contributed by atoms with Crippen LogP contribution in [-0.4, -0.2) is 6.61 Å². The first kappa shape index (κ1) is 34.7. The lowest BCUT2D eigenvalue weighted by Crippen LogP contribution is -2.23. The number of phosphoric acid groups is 1. The van der Waals surface area contributed by atoms with Crippen LogP contribution in [0.1, 0.15) is 162 Å². The topological polar surface area (TPSA) is 44.8 Å². The van der Waals surface area contributed by atoms with Crippen LogP contribution in [0.5, 0.6) is 11.5 Å². The lowest BCUT2D eigenvalue weighted by molar-refractivity contribution is 0.201. The van der Waals surface area contributed by atoms with Crippen LogP contribution < -0.4 is 9.05 Å². The molecule has 1 heterocycles. The number of fused-ring (bicyclic) bond motifs is 2. The Morgan fingerprint density at radius 2 is 1.02 bits per heavy atom. The molecule has 0 saturated carbocycles. The lowest BCUT2D eigenvalue weighted by atomic mass is 9.76. The van der Waals surface area contributed by atoms with Crippen molar-refractivity contribution >= 4 is 7.82 Å². The number of rotatable bonds is 8. The molecule has 0 N–H and O–H groups in total. The molecule has 0 amide bonds. The van der Waals surface area contributed by atoms with Gasteiger partial charge >= 0.3 is 7.82 Å². The minimum absolute atomic E-state index is 0.0570. The lowest BCUT2D eigenvalue weighted by Gasteiger charge is -2.34. The zero-order valence-electron chi connectivity index (χ0n) is 29.0. The highest BCUT2D eigenvalue weighted by Crippen LogP contribution is 2.57. The summed E-state index contributed by atoms with van der Waals surface area (Å²) < 4.78 is 33.9. The Morgan fingerprint density at radius 1 is 0.619 bits per heavy atom. The Kier molecular flexibility index (Phi) is 10.5. The first-order chi connectivity index (χ1) is 19.2. The van der Waals surface area contributed by atoms with Gasteiger partial charge in [0.25, 0.3) is 0 Å². The van der Waals surface area contributed by atoms with Crippen LogP contribution in [0.2, 0.25) is 0 Å². The molecular weight excluding hydrogens is 539 g/mol. The van der Waals surface area contributed by atoms with E-state index in [0.29, 0.717) is 24.5 Å². The molecule has 2 aromatic rings. The first-order valence-corrected chi connectivity index (χ1v) is 17.6. The highest BCUT2D eigenvalue weighted by atomic mass is 31.2. The molecule has 0 spiro atoms. The van der Waals surface area contributed by atoms with Gasteiger partial charge in [-0.25, -0.2) is 4.57 Å². The molecule has 4 nitrogen and oxygen atoms in total. The molecule has 42 heavy (non-hydrogen) atoms. The van der Waals surface area contributed by atoms with Gasteiger partial charge in [0.15, 0.2) is 0 Å². The molecular formula is C37H59O4P. The number of phosphoric ester groups is 1. The van der Waals surface area contributed by atoms with Crippen LogP contribution >= 0.6 is 7.82 Å². The molecule has 0 bridgehead atoms. The predicted octanol–water partition coefficient (Wildman–Crippen LogP) is 11.7. The fourth-order valence-electron chi connectivity index (χ4n) is 5.40. The molecule has 1 aliphatic heterocycles. The van der Waals surface area contributed by atoms with Gasteiger partial charge in [0.2, 0.25) is 0 Å². The summed E-state index contributed by atoms with van der Waals surface area (Å²) in [5.41, 5.74) is 6.02. The highest BCUT2D eigenvalue weighted by molar-refractivity contribution is 7.49. The standard InChI is InChI=1S/C37H59O4P/c1-14-15-16-17-18-19-20-39-42(38)40-32-26(22-28(34(2,3)4)24-30(32)36(8,9)10)21-27-23-29(35(5,6)7)25-31(33(27)41-42)37(11,12)13/h22-25H,14-21H2,1-13H3. The van der Waals surface area contributed by atoms with E-state index in [1.807, 2.05) is 0 Å². The van der Waals surface area contributed by atoms with Crippen LogP contribution in [0, 0.1) is 0 Å². The Labute approximate surface area is 257 Å². The second-order valence-electron chi connectivity index (χ2n) is 16.4. The molecule has 0 fully saturated rings. The van der Waals surface area contributed by atoms with Gasteiger partial charge in [-0.3, -0.25) is 4.52 Å². The minimum atomic E-state index is -4.02. The van der Waals surface area contributed by atoms with E-state index in [2.05, 4.69) is 114 Å². The van der Waals surface area contributed by atoms with Crippen molar-refractivity contribution in [3.8, 4) is 11.5 Å². The fraction of sp³-hybridized carbons (Fsp3) is 0.676. The van der Waals surface area contributed by atoms with E-state index in [1.165, 1.54) is 30.4 Å². The van der Waals surface area contributed by atoms with Crippen LogP contribution in [-0.2, 0) is 37.2 Å². The summed E-state index contributed by atoms with van der Waals surface area (Å²) in [4.78, 5) is 0. The molecule has 0 unspecified atom stereocenters. The molecule has 2 aromatic carbocycles. The monoisotopic (exact) mass is 598 g/mol. The van der Waals surface area contributed by atoms with E-state index in [-0.39, 0.29) is 21.7 Å². The van der Waals surface area contributed by atoms with E-state index in [9.17, 15) is 4.57 Å². The minimum Gasteiger partial charge on any atom is -0.394 e. The van der Waals surface area contributed by atoms with Crippen LogP contribution in [0.15, 0.2) is 24.3 Å². The van der Waals surface area contributed by atoms with Crippen LogP contribution in [0.4, 0.5) is 0 Å². The molecule has 3 rings (SSSR count). The summed E-state index contributed by atoms with van der Waals surface area (Å²) >= 11 is 0. The van der Waals surface area contributed by atoms with Crippen molar-refractivity contribution in [2.75, 3.05) is 6.61 Å². The van der Waals surface area contributed by atoms with E-state index >= 15 is 0 Å². The van der Waals surface area contributed by atoms with E-state index in [0.717, 1.165) is 41.5 Å². The average Bonchev–Trinajstić information content (AvgIpc) is 2.81. The van der Waals surface area contributed by atoms with E-state index in [1.54, 1.807) is 0 Å². The second kappa shape index (κ2) is 12.7. The van der Waals surface area contributed by atoms with Crippen molar-refractivity contribution in [3.63, 3.8) is 0 Å². The van der Waals surface area contributed by atoms with Gasteiger partial charge in [0, 0.05) is 17.5 Å². The Hall–Kier alpha value is -1.77. The van der Waals surface area contributed by atoms with Crippen molar-refractivity contribution in [2.24, 2.45) is 0 Å². The second-order valence-corrected chi connectivity index (χ2v) is 17.9. The van der Waals surface area contributed by atoms with Crippen molar-refractivity contribution in [1.82, 2.24) is 0 Å². The average molecular weight is 599 g/mol.